The van der Waals surface area contributed by atoms with Crippen LogP contribution in [-0.4, -0.2) is 52.3 Å². The molecule has 1 aromatic rings. The molecule has 2 N–H and O–H groups in total. The van der Waals surface area contributed by atoms with E-state index in [1.807, 2.05) is 0 Å². The fourth-order valence-electron chi connectivity index (χ4n) is 2.37. The van der Waals surface area contributed by atoms with Gasteiger partial charge in [0.15, 0.2) is 6.61 Å². The molecule has 0 bridgehead atoms. The van der Waals surface area contributed by atoms with Crippen molar-refractivity contribution in [3.63, 3.8) is 0 Å². The number of hydrogen-bond acceptors (Lipinski definition) is 7. The summed E-state index contributed by atoms with van der Waals surface area (Å²) in [6, 6.07) is 3.50. The maximum absolute atomic E-state index is 12.0. The lowest BCUT2D eigenvalue weighted by Gasteiger charge is -2.15. The van der Waals surface area contributed by atoms with Gasteiger partial charge in [-0.2, -0.15) is 0 Å². The number of carbonyl (C=O) groups excluding carboxylic acids is 4. The SMILES string of the molecule is Cc1ccc(NC(=O)COC(=O)CN2C(=O)NC(C)(C)C2=O)c([N+](=O)[O-])c1. The number of nitrogens with zero attached hydrogens (tertiary/aromatic N) is 2. The number of imide groups is 1. The Labute approximate surface area is 153 Å². The van der Waals surface area contributed by atoms with E-state index < -0.39 is 47.4 Å². The number of amides is 4. The third-order valence-electron chi connectivity index (χ3n) is 3.72. The molecule has 1 saturated heterocycles. The molecule has 11 nitrogen and oxygen atoms in total. The second kappa shape index (κ2) is 7.40. The van der Waals surface area contributed by atoms with Crippen LogP contribution >= 0.6 is 0 Å². The van der Waals surface area contributed by atoms with Crippen molar-refractivity contribution in [2.24, 2.45) is 0 Å². The van der Waals surface area contributed by atoms with Crippen molar-refractivity contribution in [2.45, 2.75) is 26.3 Å². The predicted molar refractivity (Wildman–Crippen MR) is 91.7 cm³/mol. The molecule has 1 heterocycles. The number of hydrogen-bond donors (Lipinski definition) is 2. The van der Waals surface area contributed by atoms with E-state index in [1.54, 1.807) is 13.0 Å². The van der Waals surface area contributed by atoms with Crippen molar-refractivity contribution < 1.29 is 28.8 Å². The lowest BCUT2D eigenvalue weighted by molar-refractivity contribution is -0.384. The molecule has 0 aliphatic carbocycles. The zero-order chi connectivity index (χ0) is 20.4. The van der Waals surface area contributed by atoms with Gasteiger partial charge in [0.1, 0.15) is 17.8 Å². The first kappa shape index (κ1) is 19.8. The molecule has 1 aliphatic heterocycles. The molecule has 0 radical (unpaired) electrons. The molecule has 0 aromatic heterocycles. The Bertz CT molecular complexity index is 834. The van der Waals surface area contributed by atoms with Gasteiger partial charge in [-0.05, 0) is 32.4 Å². The Hall–Kier alpha value is -3.50. The van der Waals surface area contributed by atoms with Gasteiger partial charge < -0.3 is 15.4 Å². The lowest BCUT2D eigenvalue weighted by atomic mass is 10.1. The highest BCUT2D eigenvalue weighted by Crippen LogP contribution is 2.25. The highest BCUT2D eigenvalue weighted by Gasteiger charge is 2.45. The second-order valence-electron chi connectivity index (χ2n) is 6.43. The number of rotatable bonds is 6. The largest absolute Gasteiger partial charge is 0.454 e. The minimum absolute atomic E-state index is 0.0394. The standard InChI is InChI=1S/C16H18N4O7/c1-9-4-5-10(11(6-9)20(25)26)17-12(21)8-27-13(22)7-19-14(23)16(2,3)18-15(19)24/h4-6H,7-8H2,1-3H3,(H,17,21)(H,18,24). The topological polar surface area (TPSA) is 148 Å². The van der Waals surface area contributed by atoms with Gasteiger partial charge >= 0.3 is 12.0 Å². The molecule has 1 aromatic carbocycles. The zero-order valence-corrected chi connectivity index (χ0v) is 14.9. The monoisotopic (exact) mass is 378 g/mol. The van der Waals surface area contributed by atoms with Crippen LogP contribution in [0.15, 0.2) is 18.2 Å². The number of carbonyl (C=O) groups is 4. The van der Waals surface area contributed by atoms with Crippen LogP contribution < -0.4 is 10.6 Å². The first-order valence-corrected chi connectivity index (χ1v) is 7.86. The summed E-state index contributed by atoms with van der Waals surface area (Å²) in [6.45, 7) is 3.27. The third-order valence-corrected chi connectivity index (χ3v) is 3.72. The number of urea groups is 1. The maximum atomic E-state index is 12.0. The van der Waals surface area contributed by atoms with E-state index in [9.17, 15) is 29.3 Å². The Balaban J connectivity index is 1.91. The van der Waals surface area contributed by atoms with E-state index in [1.165, 1.54) is 26.0 Å². The smallest absolute Gasteiger partial charge is 0.326 e. The molecule has 0 spiro atoms. The van der Waals surface area contributed by atoms with Gasteiger partial charge in [0, 0.05) is 6.07 Å². The van der Waals surface area contributed by atoms with Crippen molar-refractivity contribution in [1.82, 2.24) is 10.2 Å². The summed E-state index contributed by atoms with van der Waals surface area (Å²) in [4.78, 5) is 58.4. The predicted octanol–water partition coefficient (Wildman–Crippen LogP) is 0.715. The molecule has 4 amide bonds. The highest BCUT2D eigenvalue weighted by atomic mass is 16.6. The van der Waals surface area contributed by atoms with Gasteiger partial charge in [0.25, 0.3) is 17.5 Å². The second-order valence-corrected chi connectivity index (χ2v) is 6.43. The van der Waals surface area contributed by atoms with Crippen LogP contribution in [0.3, 0.4) is 0 Å². The number of anilines is 1. The maximum Gasteiger partial charge on any atom is 0.326 e. The summed E-state index contributed by atoms with van der Waals surface area (Å²) in [5.74, 6) is -2.36. The number of benzene rings is 1. The summed E-state index contributed by atoms with van der Waals surface area (Å²) in [6.07, 6.45) is 0. The minimum atomic E-state index is -1.13. The number of nitrogens with one attached hydrogen (secondary N) is 2. The summed E-state index contributed by atoms with van der Waals surface area (Å²) >= 11 is 0. The summed E-state index contributed by atoms with van der Waals surface area (Å²) in [7, 11) is 0. The third kappa shape index (κ3) is 4.57. The summed E-state index contributed by atoms with van der Waals surface area (Å²) in [5.41, 5.74) is -0.819. The van der Waals surface area contributed by atoms with Gasteiger partial charge in [-0.3, -0.25) is 29.4 Å². The van der Waals surface area contributed by atoms with E-state index in [4.69, 9.17) is 4.74 Å². The number of aryl methyl sites for hydroxylation is 1. The average Bonchev–Trinajstić information content (AvgIpc) is 2.76. The van der Waals surface area contributed by atoms with Gasteiger partial charge in [-0.15, -0.1) is 0 Å². The van der Waals surface area contributed by atoms with Crippen LogP contribution in [0, 0.1) is 17.0 Å². The highest BCUT2D eigenvalue weighted by molar-refractivity contribution is 6.08. The van der Waals surface area contributed by atoms with E-state index in [2.05, 4.69) is 10.6 Å². The Kier molecular flexibility index (Phi) is 5.43. The zero-order valence-electron chi connectivity index (χ0n) is 14.9. The normalized spacial score (nSPS) is 15.3. The van der Waals surface area contributed by atoms with E-state index >= 15 is 0 Å². The van der Waals surface area contributed by atoms with Gasteiger partial charge in [0.2, 0.25) is 0 Å². The van der Waals surface area contributed by atoms with Gasteiger partial charge in [0.05, 0.1) is 4.92 Å². The molecule has 0 atom stereocenters. The first-order valence-electron chi connectivity index (χ1n) is 7.86. The van der Waals surface area contributed by atoms with Crippen LogP contribution in [0.1, 0.15) is 19.4 Å². The Morgan fingerprint density at radius 3 is 2.56 bits per heavy atom. The Morgan fingerprint density at radius 1 is 1.33 bits per heavy atom. The van der Waals surface area contributed by atoms with Crippen LogP contribution in [0.5, 0.6) is 0 Å². The van der Waals surface area contributed by atoms with Crippen molar-refractivity contribution in [3.05, 3.63) is 33.9 Å². The average molecular weight is 378 g/mol. The van der Waals surface area contributed by atoms with E-state index in [0.29, 0.717) is 10.5 Å². The molecule has 1 fully saturated rings. The van der Waals surface area contributed by atoms with Crippen molar-refractivity contribution >= 4 is 35.2 Å². The molecule has 2 rings (SSSR count). The molecule has 144 valence electrons. The molecule has 0 unspecified atom stereocenters. The first-order chi connectivity index (χ1) is 12.5. The number of esters is 1. The van der Waals surface area contributed by atoms with Gasteiger partial charge in [-0.25, -0.2) is 4.79 Å². The fourth-order valence-corrected chi connectivity index (χ4v) is 2.37. The molecule has 27 heavy (non-hydrogen) atoms. The quantitative estimate of drug-likeness (QED) is 0.320. The lowest BCUT2D eigenvalue weighted by Crippen LogP contribution is -2.41. The van der Waals surface area contributed by atoms with E-state index in [-0.39, 0.29) is 11.4 Å². The van der Waals surface area contributed by atoms with Crippen molar-refractivity contribution in [3.8, 4) is 0 Å². The molecule has 11 heteroatoms. The fraction of sp³-hybridized carbons (Fsp3) is 0.375. The number of ether oxygens (including phenoxy) is 1. The van der Waals surface area contributed by atoms with Crippen LogP contribution in [-0.2, 0) is 19.1 Å². The van der Waals surface area contributed by atoms with Crippen LogP contribution in [0.4, 0.5) is 16.2 Å². The van der Waals surface area contributed by atoms with E-state index in [0.717, 1.165) is 0 Å². The molecule has 0 saturated carbocycles. The Morgan fingerprint density at radius 2 is 2.00 bits per heavy atom. The molecular weight excluding hydrogens is 360 g/mol. The van der Waals surface area contributed by atoms with Gasteiger partial charge in [-0.1, -0.05) is 6.07 Å². The summed E-state index contributed by atoms with van der Waals surface area (Å²) < 4.78 is 4.73. The van der Waals surface area contributed by atoms with Crippen LogP contribution in [0.2, 0.25) is 0 Å². The summed E-state index contributed by atoms with van der Waals surface area (Å²) in [5, 5.41) is 15.7. The minimum Gasteiger partial charge on any atom is -0.454 e. The van der Waals surface area contributed by atoms with Crippen LogP contribution in [0.25, 0.3) is 0 Å². The number of nitro benzene ring substituents is 1. The van der Waals surface area contributed by atoms with Crippen molar-refractivity contribution in [2.75, 3.05) is 18.5 Å². The molecular formula is C16H18N4O7. The molecule has 1 aliphatic rings. The van der Waals surface area contributed by atoms with Crippen molar-refractivity contribution in [1.29, 1.82) is 0 Å². The number of nitro groups is 1.